The molecule has 1 aromatic carbocycles. The van der Waals surface area contributed by atoms with Gasteiger partial charge in [-0.3, -0.25) is 9.59 Å². The Morgan fingerprint density at radius 3 is 2.13 bits per heavy atom. The van der Waals surface area contributed by atoms with Crippen LogP contribution in [0.3, 0.4) is 0 Å². The van der Waals surface area contributed by atoms with Crippen molar-refractivity contribution in [2.75, 3.05) is 33.1 Å². The van der Waals surface area contributed by atoms with Crippen LogP contribution in [0.5, 0.6) is 11.5 Å². The van der Waals surface area contributed by atoms with Crippen molar-refractivity contribution in [1.29, 1.82) is 0 Å². The zero-order chi connectivity index (χ0) is 17.6. The van der Waals surface area contributed by atoms with Crippen molar-refractivity contribution < 1.29 is 19.1 Å². The molecule has 0 spiro atoms. The largest absolute Gasteiger partial charge is 0.497 e. The zero-order valence-electron chi connectivity index (χ0n) is 14.3. The molecule has 1 atom stereocenters. The summed E-state index contributed by atoms with van der Waals surface area (Å²) < 4.78 is 10.3. The van der Waals surface area contributed by atoms with E-state index in [-0.39, 0.29) is 24.3 Å². The van der Waals surface area contributed by atoms with Gasteiger partial charge in [-0.15, -0.1) is 0 Å². The maximum atomic E-state index is 12.1. The molecule has 0 unspecified atom stereocenters. The second kappa shape index (κ2) is 8.38. The van der Waals surface area contributed by atoms with E-state index in [0.717, 1.165) is 0 Å². The number of ether oxygens (including phenoxy) is 2. The summed E-state index contributed by atoms with van der Waals surface area (Å²) in [6, 6.07) is 4.42. The van der Waals surface area contributed by atoms with Gasteiger partial charge in [-0.05, 0) is 5.92 Å². The van der Waals surface area contributed by atoms with E-state index >= 15 is 0 Å². The Labute approximate surface area is 136 Å². The van der Waals surface area contributed by atoms with Gasteiger partial charge in [0.25, 0.3) is 0 Å². The van der Waals surface area contributed by atoms with E-state index in [1.54, 1.807) is 25.2 Å². The molecule has 0 aliphatic rings. The quantitative estimate of drug-likeness (QED) is 0.783. The van der Waals surface area contributed by atoms with Gasteiger partial charge in [0.2, 0.25) is 11.8 Å². The van der Waals surface area contributed by atoms with Gasteiger partial charge in [0.15, 0.2) is 0 Å². The van der Waals surface area contributed by atoms with Crippen LogP contribution in [0.15, 0.2) is 18.2 Å². The summed E-state index contributed by atoms with van der Waals surface area (Å²) in [7, 11) is 4.61. The van der Waals surface area contributed by atoms with E-state index < -0.39 is 6.04 Å². The number of carbonyl (C=O) groups is 2. The maximum Gasteiger partial charge on any atom is 0.243 e. The molecule has 1 rings (SSSR count). The van der Waals surface area contributed by atoms with Crippen LogP contribution in [0, 0.1) is 5.92 Å². The smallest absolute Gasteiger partial charge is 0.243 e. The Morgan fingerprint density at radius 2 is 1.70 bits per heavy atom. The van der Waals surface area contributed by atoms with Crippen LogP contribution in [-0.2, 0) is 9.59 Å². The third-order valence-electron chi connectivity index (χ3n) is 3.40. The Kier molecular flexibility index (Phi) is 6.84. The first kappa shape index (κ1) is 18.8. The summed E-state index contributed by atoms with van der Waals surface area (Å²) in [5.74, 6) is 0.540. The highest BCUT2D eigenvalue weighted by Crippen LogP contribution is 2.25. The lowest BCUT2D eigenvalue weighted by molar-refractivity contribution is -0.135. The van der Waals surface area contributed by atoms with Crippen molar-refractivity contribution in [2.24, 2.45) is 11.7 Å². The van der Waals surface area contributed by atoms with Crippen LogP contribution < -0.4 is 20.5 Å². The van der Waals surface area contributed by atoms with Gasteiger partial charge in [0.05, 0.1) is 26.8 Å². The highest BCUT2D eigenvalue weighted by Gasteiger charge is 2.22. The third-order valence-corrected chi connectivity index (χ3v) is 3.40. The fourth-order valence-corrected chi connectivity index (χ4v) is 1.91. The lowest BCUT2D eigenvalue weighted by Crippen LogP contribution is -2.47. The first-order chi connectivity index (χ1) is 10.8. The van der Waals surface area contributed by atoms with Gasteiger partial charge in [-0.2, -0.15) is 0 Å². The number of rotatable bonds is 7. The normalized spacial score (nSPS) is 11.8. The molecular formula is C16H25N3O4. The molecule has 2 amide bonds. The number of nitrogens with one attached hydrogen (secondary N) is 1. The van der Waals surface area contributed by atoms with E-state index in [2.05, 4.69) is 5.32 Å². The molecule has 7 nitrogen and oxygen atoms in total. The molecule has 128 valence electrons. The monoisotopic (exact) mass is 323 g/mol. The molecule has 7 heteroatoms. The molecular weight excluding hydrogens is 298 g/mol. The number of hydrogen-bond acceptors (Lipinski definition) is 5. The van der Waals surface area contributed by atoms with Gasteiger partial charge in [0, 0.05) is 30.9 Å². The summed E-state index contributed by atoms with van der Waals surface area (Å²) in [4.78, 5) is 25.5. The maximum absolute atomic E-state index is 12.1. The van der Waals surface area contributed by atoms with Crippen molar-refractivity contribution in [3.05, 3.63) is 18.2 Å². The fourth-order valence-electron chi connectivity index (χ4n) is 1.91. The minimum absolute atomic E-state index is 0.00987. The number of methoxy groups -OCH3 is 2. The Balaban J connectivity index is 2.71. The molecule has 0 bridgehead atoms. The third kappa shape index (κ3) is 5.45. The lowest BCUT2D eigenvalue weighted by Gasteiger charge is -2.23. The number of carbonyl (C=O) groups excluding carboxylic acids is 2. The van der Waals surface area contributed by atoms with E-state index in [0.29, 0.717) is 17.2 Å². The summed E-state index contributed by atoms with van der Waals surface area (Å²) in [6.07, 6.45) is 0. The fraction of sp³-hybridized carbons (Fsp3) is 0.500. The van der Waals surface area contributed by atoms with E-state index in [4.69, 9.17) is 15.2 Å². The van der Waals surface area contributed by atoms with Crippen molar-refractivity contribution in [2.45, 2.75) is 19.9 Å². The SMILES string of the molecule is COc1cc(NC(=O)CN(C)C(=O)[C@@H](N)C(C)C)cc(OC)c1. The average Bonchev–Trinajstić information content (AvgIpc) is 2.52. The Bertz CT molecular complexity index is 538. The molecule has 1 aromatic rings. The number of likely N-dealkylation sites (N-methyl/N-ethyl adjacent to an activating group) is 1. The van der Waals surface area contributed by atoms with Gasteiger partial charge >= 0.3 is 0 Å². The predicted molar refractivity (Wildman–Crippen MR) is 88.6 cm³/mol. The van der Waals surface area contributed by atoms with Crippen LogP contribution in [0.25, 0.3) is 0 Å². The molecule has 3 N–H and O–H groups in total. The highest BCUT2D eigenvalue weighted by atomic mass is 16.5. The van der Waals surface area contributed by atoms with Crippen LogP contribution in [0.4, 0.5) is 5.69 Å². The van der Waals surface area contributed by atoms with Gasteiger partial charge in [-0.25, -0.2) is 0 Å². The van der Waals surface area contributed by atoms with Gasteiger partial charge < -0.3 is 25.4 Å². The molecule has 0 aromatic heterocycles. The molecule has 0 saturated carbocycles. The molecule has 0 aliphatic heterocycles. The molecule has 0 aliphatic carbocycles. The molecule has 0 radical (unpaired) electrons. The van der Waals surface area contributed by atoms with Crippen molar-refractivity contribution in [3.63, 3.8) is 0 Å². The molecule has 0 fully saturated rings. The number of nitrogens with two attached hydrogens (primary N) is 1. The van der Waals surface area contributed by atoms with Crippen molar-refractivity contribution in [1.82, 2.24) is 4.90 Å². The second-order valence-corrected chi connectivity index (χ2v) is 5.61. The van der Waals surface area contributed by atoms with Crippen molar-refractivity contribution in [3.8, 4) is 11.5 Å². The minimum Gasteiger partial charge on any atom is -0.497 e. The van der Waals surface area contributed by atoms with Gasteiger partial charge in [0.1, 0.15) is 11.5 Å². The zero-order valence-corrected chi connectivity index (χ0v) is 14.3. The van der Waals surface area contributed by atoms with E-state index in [9.17, 15) is 9.59 Å². The molecule has 23 heavy (non-hydrogen) atoms. The first-order valence-electron chi connectivity index (χ1n) is 7.32. The Hall–Kier alpha value is -2.28. The molecule has 0 saturated heterocycles. The Morgan fingerprint density at radius 1 is 1.17 bits per heavy atom. The summed E-state index contributed by atoms with van der Waals surface area (Å²) in [5, 5.41) is 2.71. The highest BCUT2D eigenvalue weighted by molar-refractivity contribution is 5.95. The van der Waals surface area contributed by atoms with Crippen molar-refractivity contribution >= 4 is 17.5 Å². The number of benzene rings is 1. The minimum atomic E-state index is -0.621. The van der Waals surface area contributed by atoms with Crippen LogP contribution in [0.1, 0.15) is 13.8 Å². The average molecular weight is 323 g/mol. The number of amides is 2. The number of anilines is 1. The second-order valence-electron chi connectivity index (χ2n) is 5.61. The summed E-state index contributed by atoms with van der Waals surface area (Å²) in [5.41, 5.74) is 6.34. The van der Waals surface area contributed by atoms with Gasteiger partial charge in [-0.1, -0.05) is 13.8 Å². The topological polar surface area (TPSA) is 93.9 Å². The van der Waals surface area contributed by atoms with Crippen LogP contribution in [-0.4, -0.2) is 50.6 Å². The van der Waals surface area contributed by atoms with Crippen LogP contribution >= 0.6 is 0 Å². The molecule has 0 heterocycles. The summed E-state index contributed by atoms with van der Waals surface area (Å²) in [6.45, 7) is 3.64. The van der Waals surface area contributed by atoms with E-state index in [1.165, 1.54) is 19.1 Å². The standard InChI is InChI=1S/C16H25N3O4/c1-10(2)15(17)16(21)19(3)9-14(20)18-11-6-12(22-4)8-13(7-11)23-5/h6-8,10,15H,9,17H2,1-5H3,(H,18,20)/t15-/m0/s1. The number of nitrogens with zero attached hydrogens (tertiary/aromatic N) is 1. The number of hydrogen-bond donors (Lipinski definition) is 2. The lowest BCUT2D eigenvalue weighted by atomic mass is 10.0. The predicted octanol–water partition coefficient (Wildman–Crippen LogP) is 1.08. The van der Waals surface area contributed by atoms with E-state index in [1.807, 2.05) is 13.8 Å². The van der Waals surface area contributed by atoms with Crippen LogP contribution in [0.2, 0.25) is 0 Å². The summed E-state index contributed by atoms with van der Waals surface area (Å²) >= 11 is 0. The first-order valence-corrected chi connectivity index (χ1v) is 7.32.